The first kappa shape index (κ1) is 12.3. The molecule has 0 spiro atoms. The van der Waals surface area contributed by atoms with Gasteiger partial charge in [0.25, 0.3) is 11.8 Å². The number of amides is 2. The lowest BCUT2D eigenvalue weighted by Crippen LogP contribution is -2.30. The molecule has 0 aromatic carbocycles. The van der Waals surface area contributed by atoms with Crippen molar-refractivity contribution in [2.45, 2.75) is 25.7 Å². The molecule has 0 saturated carbocycles. The van der Waals surface area contributed by atoms with Crippen molar-refractivity contribution in [2.75, 3.05) is 13.1 Å². The molecule has 0 bridgehead atoms. The highest BCUT2D eigenvalue weighted by molar-refractivity contribution is 6.12. The lowest BCUT2D eigenvalue weighted by molar-refractivity contribution is -0.136. The molecule has 6 heteroatoms. The van der Waals surface area contributed by atoms with Gasteiger partial charge in [-0.3, -0.25) is 14.5 Å². The number of hydrogen-bond acceptors (Lipinski definition) is 3. The van der Waals surface area contributed by atoms with Gasteiger partial charge in [0.2, 0.25) is 0 Å². The number of carbonyl (C=O) groups is 2. The molecule has 6 nitrogen and oxygen atoms in total. The van der Waals surface area contributed by atoms with Crippen molar-refractivity contribution in [3.8, 4) is 0 Å². The van der Waals surface area contributed by atoms with E-state index in [4.69, 9.17) is 5.53 Å². The summed E-state index contributed by atoms with van der Waals surface area (Å²) in [4.78, 5) is 26.2. The van der Waals surface area contributed by atoms with Crippen LogP contribution in [-0.2, 0) is 9.59 Å². The van der Waals surface area contributed by atoms with Crippen LogP contribution in [0.15, 0.2) is 17.3 Å². The molecule has 0 aromatic heterocycles. The molecule has 0 N–H and O–H groups in total. The van der Waals surface area contributed by atoms with Crippen molar-refractivity contribution in [1.82, 2.24) is 4.90 Å². The van der Waals surface area contributed by atoms with Gasteiger partial charge in [-0.15, -0.1) is 0 Å². The Morgan fingerprint density at radius 3 is 2.38 bits per heavy atom. The van der Waals surface area contributed by atoms with Gasteiger partial charge in [0.05, 0.1) is 0 Å². The first-order valence-electron chi connectivity index (χ1n) is 5.30. The molecule has 0 radical (unpaired) electrons. The summed E-state index contributed by atoms with van der Waals surface area (Å²) in [5.74, 6) is -0.446. The van der Waals surface area contributed by atoms with Gasteiger partial charge in [-0.2, -0.15) is 0 Å². The van der Waals surface area contributed by atoms with Gasteiger partial charge in [0.1, 0.15) is 0 Å². The van der Waals surface area contributed by atoms with E-state index in [1.54, 1.807) is 0 Å². The summed E-state index contributed by atoms with van der Waals surface area (Å²) in [5.41, 5.74) is 8.04. The average molecular weight is 222 g/mol. The number of rotatable bonds is 7. The molecule has 0 aromatic rings. The predicted octanol–water partition coefficient (Wildman–Crippen LogP) is 1.78. The van der Waals surface area contributed by atoms with E-state index in [0.717, 1.165) is 25.7 Å². The Morgan fingerprint density at radius 1 is 1.12 bits per heavy atom. The number of nitrogens with zero attached hydrogens (tertiary/aromatic N) is 4. The molecule has 1 rings (SSSR count). The zero-order valence-corrected chi connectivity index (χ0v) is 9.00. The highest BCUT2D eigenvalue weighted by atomic mass is 16.2. The fraction of sp³-hybridized carbons (Fsp3) is 0.600. The SMILES string of the molecule is [N-]=[N+]=NCCCCCCN1C(=O)C=CC1=O. The Kier molecular flexibility index (Phi) is 5.08. The third kappa shape index (κ3) is 3.74. The van der Waals surface area contributed by atoms with Crippen LogP contribution in [0.25, 0.3) is 10.4 Å². The summed E-state index contributed by atoms with van der Waals surface area (Å²) in [7, 11) is 0. The van der Waals surface area contributed by atoms with E-state index in [1.807, 2.05) is 0 Å². The summed E-state index contributed by atoms with van der Waals surface area (Å²) >= 11 is 0. The Bertz CT molecular complexity index is 327. The molecule has 0 aliphatic carbocycles. The molecule has 1 heterocycles. The Balaban J connectivity index is 2.05. The number of hydrogen-bond donors (Lipinski definition) is 0. The van der Waals surface area contributed by atoms with Gasteiger partial charge < -0.3 is 0 Å². The van der Waals surface area contributed by atoms with Gasteiger partial charge in [0, 0.05) is 30.2 Å². The highest BCUT2D eigenvalue weighted by Gasteiger charge is 2.21. The van der Waals surface area contributed by atoms with E-state index in [9.17, 15) is 9.59 Å². The number of imide groups is 1. The Labute approximate surface area is 93.5 Å². The van der Waals surface area contributed by atoms with Crippen molar-refractivity contribution in [2.24, 2.45) is 5.11 Å². The van der Waals surface area contributed by atoms with Crippen LogP contribution >= 0.6 is 0 Å². The van der Waals surface area contributed by atoms with Gasteiger partial charge in [-0.05, 0) is 18.4 Å². The molecule has 2 amide bonds. The molecule has 16 heavy (non-hydrogen) atoms. The van der Waals surface area contributed by atoms with Crippen molar-refractivity contribution in [3.05, 3.63) is 22.6 Å². The van der Waals surface area contributed by atoms with E-state index < -0.39 is 0 Å². The maximum atomic E-state index is 11.2. The largest absolute Gasteiger partial charge is 0.275 e. The zero-order chi connectivity index (χ0) is 11.8. The molecular formula is C10H14N4O2. The van der Waals surface area contributed by atoms with Gasteiger partial charge in [-0.1, -0.05) is 18.0 Å². The zero-order valence-electron chi connectivity index (χ0n) is 9.00. The van der Waals surface area contributed by atoms with Crippen molar-refractivity contribution >= 4 is 11.8 Å². The van der Waals surface area contributed by atoms with Crippen molar-refractivity contribution in [1.29, 1.82) is 0 Å². The van der Waals surface area contributed by atoms with Crippen LogP contribution in [-0.4, -0.2) is 29.8 Å². The van der Waals surface area contributed by atoms with Crippen LogP contribution in [0.1, 0.15) is 25.7 Å². The maximum absolute atomic E-state index is 11.2. The fourth-order valence-electron chi connectivity index (χ4n) is 1.50. The minimum Gasteiger partial charge on any atom is -0.275 e. The number of unbranched alkanes of at least 4 members (excludes halogenated alkanes) is 3. The second-order valence-corrected chi connectivity index (χ2v) is 3.53. The standard InChI is InChI=1S/C10H14N4O2/c11-13-12-7-3-1-2-4-8-14-9(15)5-6-10(14)16/h5-6H,1-4,7-8H2. The molecular weight excluding hydrogens is 208 g/mol. The predicted molar refractivity (Wildman–Crippen MR) is 58.3 cm³/mol. The minimum atomic E-state index is -0.223. The summed E-state index contributed by atoms with van der Waals surface area (Å²) in [6, 6.07) is 0. The fourth-order valence-corrected chi connectivity index (χ4v) is 1.50. The smallest absolute Gasteiger partial charge is 0.253 e. The second-order valence-electron chi connectivity index (χ2n) is 3.53. The number of carbonyl (C=O) groups excluding carboxylic acids is 2. The van der Waals surface area contributed by atoms with E-state index in [0.29, 0.717) is 13.1 Å². The Morgan fingerprint density at radius 2 is 1.75 bits per heavy atom. The van der Waals surface area contributed by atoms with Crippen LogP contribution in [0.2, 0.25) is 0 Å². The summed E-state index contributed by atoms with van der Waals surface area (Å²) in [6.07, 6.45) is 6.12. The van der Waals surface area contributed by atoms with E-state index in [1.165, 1.54) is 17.1 Å². The molecule has 0 fully saturated rings. The molecule has 1 aliphatic rings. The summed E-state index contributed by atoms with van der Waals surface area (Å²) in [5, 5.41) is 3.42. The minimum absolute atomic E-state index is 0.223. The summed E-state index contributed by atoms with van der Waals surface area (Å²) < 4.78 is 0. The lowest BCUT2D eigenvalue weighted by Gasteiger charge is -2.12. The van der Waals surface area contributed by atoms with Gasteiger partial charge in [0.15, 0.2) is 0 Å². The van der Waals surface area contributed by atoms with Crippen LogP contribution in [0.3, 0.4) is 0 Å². The van der Waals surface area contributed by atoms with Crippen LogP contribution < -0.4 is 0 Å². The quantitative estimate of drug-likeness (QED) is 0.216. The lowest BCUT2D eigenvalue weighted by atomic mass is 10.2. The highest BCUT2D eigenvalue weighted by Crippen LogP contribution is 2.07. The third-order valence-electron chi connectivity index (χ3n) is 2.35. The maximum Gasteiger partial charge on any atom is 0.253 e. The third-order valence-corrected chi connectivity index (χ3v) is 2.35. The average Bonchev–Trinajstić information content (AvgIpc) is 2.59. The summed E-state index contributed by atoms with van der Waals surface area (Å²) in [6.45, 7) is 0.992. The molecule has 86 valence electrons. The molecule has 1 aliphatic heterocycles. The molecule has 0 atom stereocenters. The first-order chi connectivity index (χ1) is 7.75. The van der Waals surface area contributed by atoms with Crippen LogP contribution in [0.4, 0.5) is 0 Å². The first-order valence-corrected chi connectivity index (χ1v) is 5.30. The van der Waals surface area contributed by atoms with E-state index in [-0.39, 0.29) is 11.8 Å². The Hall–Kier alpha value is -1.81. The van der Waals surface area contributed by atoms with Crippen molar-refractivity contribution < 1.29 is 9.59 Å². The normalized spacial score (nSPS) is 14.4. The molecule has 0 saturated heterocycles. The number of azide groups is 1. The van der Waals surface area contributed by atoms with Gasteiger partial charge in [-0.25, -0.2) is 0 Å². The second kappa shape index (κ2) is 6.63. The van der Waals surface area contributed by atoms with E-state index >= 15 is 0 Å². The van der Waals surface area contributed by atoms with E-state index in [2.05, 4.69) is 10.0 Å². The topological polar surface area (TPSA) is 86.1 Å². The molecule has 0 unspecified atom stereocenters. The van der Waals surface area contributed by atoms with Crippen LogP contribution in [0.5, 0.6) is 0 Å². The monoisotopic (exact) mass is 222 g/mol. The van der Waals surface area contributed by atoms with Crippen molar-refractivity contribution in [3.63, 3.8) is 0 Å². The van der Waals surface area contributed by atoms with Crippen LogP contribution in [0, 0.1) is 0 Å². The van der Waals surface area contributed by atoms with Gasteiger partial charge >= 0.3 is 0 Å².